The summed E-state index contributed by atoms with van der Waals surface area (Å²) in [6.07, 6.45) is -0.601. The number of nitrogens with one attached hydrogen (secondary N) is 1. The number of amides is 1. The van der Waals surface area contributed by atoms with Crippen molar-refractivity contribution in [3.05, 3.63) is 66.2 Å². The molecule has 7 nitrogen and oxygen atoms in total. The molecule has 0 aliphatic carbocycles. The fraction of sp³-hybridized carbons (Fsp3) is 0.190. The number of ether oxygens (including phenoxy) is 1. The summed E-state index contributed by atoms with van der Waals surface area (Å²) in [5.74, 6) is -0.597. The number of carbonyl (C=O) groups excluding carboxylic acids is 1. The predicted molar refractivity (Wildman–Crippen MR) is 106 cm³/mol. The van der Waals surface area contributed by atoms with Crippen LogP contribution in [0.5, 0.6) is 0 Å². The quantitative estimate of drug-likeness (QED) is 0.692. The second-order valence-corrected chi connectivity index (χ2v) is 7.17. The van der Waals surface area contributed by atoms with Crippen LogP contribution in [0, 0.1) is 0 Å². The Bertz CT molecular complexity index is 987. The minimum atomic E-state index is -1.01. The van der Waals surface area contributed by atoms with Crippen LogP contribution >= 0.6 is 0 Å². The van der Waals surface area contributed by atoms with E-state index in [0.717, 1.165) is 5.56 Å². The highest BCUT2D eigenvalue weighted by atomic mass is 16.6. The van der Waals surface area contributed by atoms with Crippen molar-refractivity contribution < 1.29 is 19.4 Å². The topological polar surface area (TPSA) is 93.5 Å². The summed E-state index contributed by atoms with van der Waals surface area (Å²) in [6.45, 7) is 5.34. The van der Waals surface area contributed by atoms with Crippen LogP contribution in [0.2, 0.25) is 0 Å². The molecule has 0 fully saturated rings. The Kier molecular flexibility index (Phi) is 5.17. The average Bonchev–Trinajstić information content (AvgIpc) is 3.04. The van der Waals surface area contributed by atoms with Crippen molar-refractivity contribution in [2.24, 2.45) is 0 Å². The van der Waals surface area contributed by atoms with Crippen LogP contribution in [0.4, 0.5) is 10.6 Å². The van der Waals surface area contributed by atoms with Gasteiger partial charge in [0.1, 0.15) is 11.4 Å². The summed E-state index contributed by atoms with van der Waals surface area (Å²) in [5.41, 5.74) is 1.68. The van der Waals surface area contributed by atoms with E-state index in [-0.39, 0.29) is 5.56 Å². The molecule has 0 saturated carbocycles. The lowest BCUT2D eigenvalue weighted by Gasteiger charge is -2.19. The maximum atomic E-state index is 12.2. The molecule has 0 spiro atoms. The second-order valence-electron chi connectivity index (χ2n) is 7.17. The van der Waals surface area contributed by atoms with E-state index >= 15 is 0 Å². The monoisotopic (exact) mass is 379 g/mol. The third-order valence-corrected chi connectivity index (χ3v) is 3.77. The molecule has 7 heteroatoms. The summed E-state index contributed by atoms with van der Waals surface area (Å²) >= 11 is 0. The number of carboxylic acid groups (broad SMARTS) is 1. The molecule has 2 aromatic carbocycles. The first-order chi connectivity index (χ1) is 13.2. The third kappa shape index (κ3) is 4.56. The first-order valence-corrected chi connectivity index (χ1v) is 8.72. The Morgan fingerprint density at radius 3 is 2.25 bits per heavy atom. The number of rotatable bonds is 4. The molecule has 3 rings (SSSR count). The van der Waals surface area contributed by atoms with E-state index < -0.39 is 17.7 Å². The molecule has 0 aliphatic rings. The van der Waals surface area contributed by atoms with E-state index in [2.05, 4.69) is 10.4 Å². The summed E-state index contributed by atoms with van der Waals surface area (Å²) in [7, 11) is 0. The number of carboxylic acids is 1. The van der Waals surface area contributed by atoms with Gasteiger partial charge in [-0.3, -0.25) is 5.32 Å². The zero-order valence-electron chi connectivity index (χ0n) is 15.8. The number of benzene rings is 2. The van der Waals surface area contributed by atoms with Gasteiger partial charge in [-0.25, -0.2) is 14.3 Å². The summed E-state index contributed by atoms with van der Waals surface area (Å²) in [4.78, 5) is 23.3. The average molecular weight is 379 g/mol. The number of anilines is 1. The number of hydrogen-bond acceptors (Lipinski definition) is 4. The molecule has 3 aromatic rings. The minimum Gasteiger partial charge on any atom is -0.478 e. The maximum Gasteiger partial charge on any atom is 0.413 e. The van der Waals surface area contributed by atoms with E-state index in [1.807, 2.05) is 30.3 Å². The molecule has 0 saturated heterocycles. The van der Waals surface area contributed by atoms with E-state index in [1.54, 1.807) is 39.0 Å². The second kappa shape index (κ2) is 7.56. The maximum absolute atomic E-state index is 12.2. The molecule has 1 aromatic heterocycles. The molecule has 144 valence electrons. The zero-order valence-corrected chi connectivity index (χ0v) is 15.8. The largest absolute Gasteiger partial charge is 0.478 e. The van der Waals surface area contributed by atoms with Crippen molar-refractivity contribution in [3.8, 4) is 16.9 Å². The Morgan fingerprint density at radius 2 is 1.68 bits per heavy atom. The molecule has 0 aliphatic heterocycles. The lowest BCUT2D eigenvalue weighted by molar-refractivity contribution is 0.0633. The van der Waals surface area contributed by atoms with Crippen LogP contribution in [0.15, 0.2) is 60.7 Å². The van der Waals surface area contributed by atoms with Crippen LogP contribution < -0.4 is 5.32 Å². The lowest BCUT2D eigenvalue weighted by atomic mass is 10.1. The van der Waals surface area contributed by atoms with Gasteiger partial charge in [0.15, 0.2) is 0 Å². The van der Waals surface area contributed by atoms with Crippen LogP contribution in [0.25, 0.3) is 16.9 Å². The molecule has 0 bridgehead atoms. The molecule has 28 heavy (non-hydrogen) atoms. The van der Waals surface area contributed by atoms with Gasteiger partial charge in [0.2, 0.25) is 0 Å². The van der Waals surface area contributed by atoms with Crippen molar-refractivity contribution in [1.29, 1.82) is 0 Å². The summed E-state index contributed by atoms with van der Waals surface area (Å²) in [6, 6.07) is 17.5. The highest BCUT2D eigenvalue weighted by molar-refractivity contribution is 5.88. The summed E-state index contributed by atoms with van der Waals surface area (Å²) < 4.78 is 6.87. The van der Waals surface area contributed by atoms with Crippen LogP contribution in [0.3, 0.4) is 0 Å². The Labute approximate surface area is 162 Å². The number of nitrogens with zero attached hydrogens (tertiary/aromatic N) is 2. The van der Waals surface area contributed by atoms with E-state index in [1.165, 1.54) is 16.8 Å². The molecule has 0 radical (unpaired) electrons. The molecule has 1 heterocycles. The number of aromatic carboxylic acids is 1. The fourth-order valence-electron chi connectivity index (χ4n) is 2.57. The van der Waals surface area contributed by atoms with Crippen molar-refractivity contribution in [3.63, 3.8) is 0 Å². The van der Waals surface area contributed by atoms with Crippen molar-refractivity contribution in [1.82, 2.24) is 9.78 Å². The summed E-state index contributed by atoms with van der Waals surface area (Å²) in [5, 5.41) is 16.4. The van der Waals surface area contributed by atoms with Gasteiger partial charge in [-0.15, -0.1) is 0 Å². The number of carbonyl (C=O) groups is 2. The number of aromatic nitrogens is 2. The molecule has 2 N–H and O–H groups in total. The van der Waals surface area contributed by atoms with Gasteiger partial charge in [0.25, 0.3) is 0 Å². The highest BCUT2D eigenvalue weighted by Gasteiger charge is 2.19. The van der Waals surface area contributed by atoms with E-state index in [4.69, 9.17) is 9.84 Å². The molecular weight excluding hydrogens is 358 g/mol. The van der Waals surface area contributed by atoms with Gasteiger partial charge in [-0.2, -0.15) is 5.10 Å². The Morgan fingerprint density at radius 1 is 1.04 bits per heavy atom. The molecule has 0 atom stereocenters. The Balaban J connectivity index is 2.00. The predicted octanol–water partition coefficient (Wildman–Crippen LogP) is 4.58. The highest BCUT2D eigenvalue weighted by Crippen LogP contribution is 2.25. The van der Waals surface area contributed by atoms with Crippen molar-refractivity contribution in [2.45, 2.75) is 26.4 Å². The van der Waals surface area contributed by atoms with Crippen LogP contribution in [-0.4, -0.2) is 32.6 Å². The van der Waals surface area contributed by atoms with Gasteiger partial charge >= 0.3 is 12.1 Å². The first-order valence-electron chi connectivity index (χ1n) is 8.72. The van der Waals surface area contributed by atoms with Gasteiger partial charge in [-0.1, -0.05) is 30.3 Å². The van der Waals surface area contributed by atoms with Crippen molar-refractivity contribution in [2.75, 3.05) is 5.32 Å². The first kappa shape index (κ1) is 19.2. The normalized spacial score (nSPS) is 11.1. The van der Waals surface area contributed by atoms with Crippen molar-refractivity contribution >= 4 is 17.9 Å². The van der Waals surface area contributed by atoms with E-state index in [0.29, 0.717) is 17.2 Å². The SMILES string of the molecule is CC(C)(C)OC(=O)Nc1cc(-c2ccccc2)nn1-c1ccc(C(=O)O)cc1. The minimum absolute atomic E-state index is 0.167. The number of hydrogen-bond donors (Lipinski definition) is 2. The standard InChI is InChI=1S/C21H21N3O4/c1-21(2,3)28-20(27)22-18-13-17(14-7-5-4-6-8-14)23-24(18)16-11-9-15(10-12-16)19(25)26/h4-13H,1-3H3,(H,22,27)(H,25,26). The van der Waals surface area contributed by atoms with Gasteiger partial charge in [0, 0.05) is 11.6 Å². The van der Waals surface area contributed by atoms with Gasteiger partial charge in [-0.05, 0) is 45.0 Å². The Hall–Kier alpha value is -3.61. The van der Waals surface area contributed by atoms with Crippen LogP contribution in [0.1, 0.15) is 31.1 Å². The smallest absolute Gasteiger partial charge is 0.413 e. The lowest BCUT2D eigenvalue weighted by Crippen LogP contribution is -2.27. The van der Waals surface area contributed by atoms with Gasteiger partial charge in [0.05, 0.1) is 16.9 Å². The molecular formula is C21H21N3O4. The zero-order chi connectivity index (χ0) is 20.3. The fourth-order valence-corrected chi connectivity index (χ4v) is 2.57. The molecule has 0 unspecified atom stereocenters. The van der Waals surface area contributed by atoms with Gasteiger partial charge < -0.3 is 9.84 Å². The van der Waals surface area contributed by atoms with Crippen LogP contribution in [-0.2, 0) is 4.74 Å². The molecule has 1 amide bonds. The third-order valence-electron chi connectivity index (χ3n) is 3.77. The van der Waals surface area contributed by atoms with E-state index in [9.17, 15) is 9.59 Å².